The molecule has 0 heterocycles. The van der Waals surface area contributed by atoms with Crippen LogP contribution in [0.1, 0.15) is 6.42 Å². The van der Waals surface area contributed by atoms with Crippen LogP contribution in [0.5, 0.6) is 0 Å². The molecule has 0 saturated heterocycles. The predicted molar refractivity (Wildman–Crippen MR) is 44.8 cm³/mol. The zero-order chi connectivity index (χ0) is 7.40. The van der Waals surface area contributed by atoms with Gasteiger partial charge in [0.1, 0.15) is 0 Å². The fourth-order valence-corrected chi connectivity index (χ4v) is 1.01. The van der Waals surface area contributed by atoms with Crippen LogP contribution in [0.3, 0.4) is 0 Å². The van der Waals surface area contributed by atoms with Gasteiger partial charge in [0.2, 0.25) is 0 Å². The summed E-state index contributed by atoms with van der Waals surface area (Å²) in [5.74, 6) is 0. The van der Waals surface area contributed by atoms with Crippen LogP contribution in [-0.4, -0.2) is 6.00 Å². The topological polar surface area (TPSA) is 26.0 Å². The number of halogens is 1. The Labute approximate surface area is 65.9 Å². The first-order valence-electron chi connectivity index (χ1n) is 3.20. The fourth-order valence-electron chi connectivity index (χ4n) is 1.01. The maximum atomic E-state index is 4.78. The molecule has 0 aliphatic heterocycles. The standard InChI is InChI=1S/C7H6.CH4ClN/c1-2-7-4-3-6(1)5-7;2-1-3/h1-4H,5H2;1,3H2. The summed E-state index contributed by atoms with van der Waals surface area (Å²) in [6.45, 7) is 0. The number of allylic oxidation sites excluding steroid dienone is 6. The van der Waals surface area contributed by atoms with E-state index in [1.807, 2.05) is 0 Å². The molecule has 2 bridgehead atoms. The van der Waals surface area contributed by atoms with E-state index in [0.717, 1.165) is 0 Å². The van der Waals surface area contributed by atoms with Crippen molar-refractivity contribution in [1.82, 2.24) is 0 Å². The summed E-state index contributed by atoms with van der Waals surface area (Å²) in [5.41, 5.74) is 7.55. The minimum Gasteiger partial charge on any atom is -0.318 e. The van der Waals surface area contributed by atoms with E-state index in [9.17, 15) is 0 Å². The molecule has 2 heteroatoms. The van der Waals surface area contributed by atoms with Crippen LogP contribution in [0.15, 0.2) is 35.5 Å². The summed E-state index contributed by atoms with van der Waals surface area (Å²) >= 11 is 4.78. The predicted octanol–water partition coefficient (Wildman–Crippen LogP) is 1.95. The minimum atomic E-state index is 0.222. The lowest BCUT2D eigenvalue weighted by Crippen LogP contribution is -1.83. The first kappa shape index (κ1) is 7.58. The molecular weight excluding hydrogens is 146 g/mol. The summed E-state index contributed by atoms with van der Waals surface area (Å²) in [6.07, 6.45) is 9.90. The van der Waals surface area contributed by atoms with Crippen molar-refractivity contribution >= 4 is 11.6 Å². The van der Waals surface area contributed by atoms with E-state index < -0.39 is 0 Å². The number of nitrogens with two attached hydrogens (primary N) is 1. The first-order valence-corrected chi connectivity index (χ1v) is 3.74. The molecule has 0 unspecified atom stereocenters. The van der Waals surface area contributed by atoms with Crippen LogP contribution in [0, 0.1) is 0 Å². The van der Waals surface area contributed by atoms with Crippen molar-refractivity contribution in [3.8, 4) is 0 Å². The molecule has 0 aromatic rings. The molecule has 2 aliphatic carbocycles. The molecule has 2 aliphatic rings. The second-order valence-electron chi connectivity index (χ2n) is 2.15. The van der Waals surface area contributed by atoms with Gasteiger partial charge in [0.05, 0.1) is 6.00 Å². The summed E-state index contributed by atoms with van der Waals surface area (Å²) in [4.78, 5) is 0. The molecule has 54 valence electrons. The summed E-state index contributed by atoms with van der Waals surface area (Å²) in [5, 5.41) is 0. The number of alkyl halides is 1. The quantitative estimate of drug-likeness (QED) is 0.420. The molecule has 0 spiro atoms. The van der Waals surface area contributed by atoms with Crippen molar-refractivity contribution in [2.75, 3.05) is 6.00 Å². The Balaban J connectivity index is 0.000000148. The van der Waals surface area contributed by atoms with Gasteiger partial charge in [-0.15, -0.1) is 11.6 Å². The largest absolute Gasteiger partial charge is 0.318 e. The molecule has 0 aromatic heterocycles. The summed E-state index contributed by atoms with van der Waals surface area (Å²) in [7, 11) is 0. The highest BCUT2D eigenvalue weighted by Crippen LogP contribution is 2.27. The third kappa shape index (κ3) is 1.72. The van der Waals surface area contributed by atoms with Crippen molar-refractivity contribution in [2.24, 2.45) is 5.73 Å². The van der Waals surface area contributed by atoms with E-state index in [1.54, 1.807) is 0 Å². The Morgan fingerprint density at radius 2 is 1.70 bits per heavy atom. The average molecular weight is 156 g/mol. The second kappa shape index (κ2) is 3.59. The van der Waals surface area contributed by atoms with E-state index in [4.69, 9.17) is 11.6 Å². The second-order valence-corrected chi connectivity index (χ2v) is 2.46. The molecule has 0 radical (unpaired) electrons. The van der Waals surface area contributed by atoms with E-state index in [1.165, 1.54) is 17.6 Å². The van der Waals surface area contributed by atoms with Gasteiger partial charge >= 0.3 is 0 Å². The van der Waals surface area contributed by atoms with E-state index >= 15 is 0 Å². The molecule has 1 nitrogen and oxygen atoms in total. The van der Waals surface area contributed by atoms with Crippen molar-refractivity contribution in [1.29, 1.82) is 0 Å². The van der Waals surface area contributed by atoms with Gasteiger partial charge in [-0.05, 0) is 17.6 Å². The van der Waals surface area contributed by atoms with Crippen LogP contribution < -0.4 is 5.73 Å². The van der Waals surface area contributed by atoms with Crippen LogP contribution in [0.2, 0.25) is 0 Å². The van der Waals surface area contributed by atoms with E-state index in [0.29, 0.717) is 0 Å². The highest BCUT2D eigenvalue weighted by molar-refractivity contribution is 6.17. The molecule has 0 aromatic carbocycles. The normalized spacial score (nSPS) is 17.8. The number of hydrogen-bond donors (Lipinski definition) is 1. The molecule has 0 fully saturated rings. The lowest BCUT2D eigenvalue weighted by molar-refractivity contribution is 1.32. The fraction of sp³-hybridized carbons (Fsp3) is 0.250. The number of rotatable bonds is 0. The van der Waals surface area contributed by atoms with Crippen LogP contribution in [0.25, 0.3) is 0 Å². The number of hydrogen-bond acceptors (Lipinski definition) is 1. The van der Waals surface area contributed by atoms with Gasteiger partial charge < -0.3 is 5.73 Å². The Bertz CT molecular complexity index is 181. The molecule has 2 N–H and O–H groups in total. The van der Waals surface area contributed by atoms with E-state index in [-0.39, 0.29) is 6.00 Å². The van der Waals surface area contributed by atoms with Crippen LogP contribution >= 0.6 is 11.6 Å². The van der Waals surface area contributed by atoms with E-state index in [2.05, 4.69) is 30.0 Å². The monoisotopic (exact) mass is 155 g/mol. The molecule has 2 rings (SSSR count). The summed E-state index contributed by atoms with van der Waals surface area (Å²) in [6, 6.07) is 0.222. The Morgan fingerprint density at radius 1 is 1.30 bits per heavy atom. The molecule has 0 amide bonds. The molecular formula is C8H10ClN. The lowest BCUT2D eigenvalue weighted by atomic mass is 10.3. The van der Waals surface area contributed by atoms with Gasteiger partial charge in [-0.2, -0.15) is 0 Å². The Morgan fingerprint density at radius 3 is 1.80 bits per heavy atom. The Hall–Kier alpha value is -0.530. The third-order valence-corrected chi connectivity index (χ3v) is 1.43. The maximum absolute atomic E-state index is 4.78. The lowest BCUT2D eigenvalue weighted by Gasteiger charge is -1.77. The van der Waals surface area contributed by atoms with Gasteiger partial charge in [-0.3, -0.25) is 0 Å². The maximum Gasteiger partial charge on any atom is 0.0688 e. The van der Waals surface area contributed by atoms with Crippen LogP contribution in [-0.2, 0) is 0 Å². The van der Waals surface area contributed by atoms with Gasteiger partial charge in [-0.1, -0.05) is 24.3 Å². The highest BCUT2D eigenvalue weighted by Gasteiger charge is 2.07. The zero-order valence-electron chi connectivity index (χ0n) is 5.68. The zero-order valence-corrected chi connectivity index (χ0v) is 6.43. The number of fused-ring (bicyclic) bond motifs is 2. The third-order valence-electron chi connectivity index (χ3n) is 1.43. The average Bonchev–Trinajstić information content (AvgIpc) is 2.49. The Kier molecular flexibility index (Phi) is 2.72. The van der Waals surface area contributed by atoms with Gasteiger partial charge in [0.15, 0.2) is 0 Å². The van der Waals surface area contributed by atoms with Crippen LogP contribution in [0.4, 0.5) is 0 Å². The summed E-state index contributed by atoms with van der Waals surface area (Å²) < 4.78 is 0. The van der Waals surface area contributed by atoms with Gasteiger partial charge in [0, 0.05) is 0 Å². The highest BCUT2D eigenvalue weighted by atomic mass is 35.5. The SMILES string of the molecule is C1=CC2=CC=C1C2.NCCl. The van der Waals surface area contributed by atoms with Gasteiger partial charge in [0.25, 0.3) is 0 Å². The molecule has 10 heavy (non-hydrogen) atoms. The van der Waals surface area contributed by atoms with Crippen molar-refractivity contribution in [2.45, 2.75) is 6.42 Å². The van der Waals surface area contributed by atoms with Crippen molar-refractivity contribution in [3.05, 3.63) is 35.5 Å². The first-order chi connectivity index (χ1) is 4.86. The van der Waals surface area contributed by atoms with Gasteiger partial charge in [-0.25, -0.2) is 0 Å². The van der Waals surface area contributed by atoms with Crippen molar-refractivity contribution < 1.29 is 0 Å². The smallest absolute Gasteiger partial charge is 0.0688 e. The minimum absolute atomic E-state index is 0.222. The molecule has 0 atom stereocenters. The van der Waals surface area contributed by atoms with Crippen molar-refractivity contribution in [3.63, 3.8) is 0 Å². The molecule has 0 saturated carbocycles.